The lowest BCUT2D eigenvalue weighted by atomic mass is 10.1. The number of benzene rings is 1. The fraction of sp³-hybridized carbons (Fsp3) is 0.368. The second kappa shape index (κ2) is 5.84. The van der Waals surface area contributed by atoms with E-state index in [-0.39, 0.29) is 10.7 Å². The van der Waals surface area contributed by atoms with Crippen molar-refractivity contribution >= 4 is 21.1 Å². The third-order valence-corrected chi connectivity index (χ3v) is 6.79. The summed E-state index contributed by atoms with van der Waals surface area (Å²) in [5.74, 6) is 0.0163. The molecule has 2 aliphatic rings. The standard InChI is InChI=1S/C19H18FN3O3S/c20-14-3-1-2-12(8-14)10-19(6-7-19)23-27(24,25)15-9-16-17(13-4-5-13)22-26-18(16)21-11-15/h1-3,8-9,11,13,23H,4-7,10H2. The van der Waals surface area contributed by atoms with E-state index >= 15 is 0 Å². The van der Waals surface area contributed by atoms with Gasteiger partial charge in [0.15, 0.2) is 0 Å². The first kappa shape index (κ1) is 16.8. The number of hydrogen-bond acceptors (Lipinski definition) is 5. The molecule has 0 amide bonds. The monoisotopic (exact) mass is 387 g/mol. The van der Waals surface area contributed by atoms with Crippen LogP contribution in [0, 0.1) is 5.82 Å². The normalized spacial score (nSPS) is 18.7. The van der Waals surface area contributed by atoms with Crippen molar-refractivity contribution in [3.63, 3.8) is 0 Å². The molecule has 6 nitrogen and oxygen atoms in total. The lowest BCUT2D eigenvalue weighted by Crippen LogP contribution is -2.38. The number of fused-ring (bicyclic) bond motifs is 1. The zero-order valence-electron chi connectivity index (χ0n) is 14.5. The van der Waals surface area contributed by atoms with Crippen LogP contribution in [0.2, 0.25) is 0 Å². The molecule has 2 fully saturated rings. The fourth-order valence-corrected chi connectivity index (χ4v) is 4.91. The van der Waals surface area contributed by atoms with Crippen molar-refractivity contribution in [1.82, 2.24) is 14.9 Å². The summed E-state index contributed by atoms with van der Waals surface area (Å²) in [6.07, 6.45) is 5.27. The molecular formula is C19H18FN3O3S. The molecule has 0 radical (unpaired) electrons. The predicted molar refractivity (Wildman–Crippen MR) is 96.2 cm³/mol. The molecule has 2 heterocycles. The molecule has 0 aliphatic heterocycles. The van der Waals surface area contributed by atoms with Crippen molar-refractivity contribution in [2.75, 3.05) is 0 Å². The molecular weight excluding hydrogens is 369 g/mol. The average Bonchev–Trinajstić information content (AvgIpc) is 3.55. The maximum Gasteiger partial charge on any atom is 0.258 e. The minimum Gasteiger partial charge on any atom is -0.336 e. The fourth-order valence-electron chi connectivity index (χ4n) is 3.48. The van der Waals surface area contributed by atoms with Crippen molar-refractivity contribution in [3.8, 4) is 0 Å². The highest BCUT2D eigenvalue weighted by molar-refractivity contribution is 7.89. The van der Waals surface area contributed by atoms with Crippen molar-refractivity contribution in [2.24, 2.45) is 0 Å². The van der Waals surface area contributed by atoms with Crippen LogP contribution in [0.1, 0.15) is 42.9 Å². The Labute approximate surface area is 155 Å². The maximum atomic E-state index is 13.4. The predicted octanol–water partition coefficient (Wildman–Crippen LogP) is 3.29. The summed E-state index contributed by atoms with van der Waals surface area (Å²) >= 11 is 0. The zero-order chi connectivity index (χ0) is 18.6. The number of rotatable bonds is 6. The molecule has 27 heavy (non-hydrogen) atoms. The molecule has 1 aromatic carbocycles. The van der Waals surface area contributed by atoms with E-state index in [1.165, 1.54) is 18.3 Å². The van der Waals surface area contributed by atoms with Gasteiger partial charge in [0, 0.05) is 11.5 Å². The number of nitrogens with one attached hydrogen (secondary N) is 1. The molecule has 0 unspecified atom stereocenters. The van der Waals surface area contributed by atoms with E-state index in [2.05, 4.69) is 14.9 Å². The molecule has 8 heteroatoms. The van der Waals surface area contributed by atoms with Crippen molar-refractivity contribution in [3.05, 3.63) is 53.6 Å². The third kappa shape index (κ3) is 3.23. The Balaban J connectivity index is 1.42. The van der Waals surface area contributed by atoms with Gasteiger partial charge < -0.3 is 4.52 Å². The SMILES string of the molecule is O=S(=O)(NC1(Cc2cccc(F)c2)CC1)c1cnc2onc(C3CC3)c2c1. The molecule has 0 atom stereocenters. The Kier molecular flexibility index (Phi) is 3.64. The van der Waals surface area contributed by atoms with E-state index in [9.17, 15) is 12.8 Å². The Morgan fingerprint density at radius 1 is 1.26 bits per heavy atom. The van der Waals surface area contributed by atoms with Crippen LogP contribution < -0.4 is 4.72 Å². The van der Waals surface area contributed by atoms with Gasteiger partial charge in [-0.25, -0.2) is 22.5 Å². The van der Waals surface area contributed by atoms with Crippen LogP contribution >= 0.6 is 0 Å². The summed E-state index contributed by atoms with van der Waals surface area (Å²) in [6.45, 7) is 0. The van der Waals surface area contributed by atoms with Crippen LogP contribution in [-0.4, -0.2) is 24.1 Å². The summed E-state index contributed by atoms with van der Waals surface area (Å²) in [6, 6.07) is 7.86. The Morgan fingerprint density at radius 2 is 2.07 bits per heavy atom. The van der Waals surface area contributed by atoms with Gasteiger partial charge >= 0.3 is 0 Å². The zero-order valence-corrected chi connectivity index (χ0v) is 15.3. The molecule has 0 bridgehead atoms. The lowest BCUT2D eigenvalue weighted by molar-refractivity contribution is 0.439. The molecule has 3 aromatic rings. The second-order valence-electron chi connectivity index (χ2n) is 7.56. The number of halogens is 1. The van der Waals surface area contributed by atoms with Gasteiger partial charge in [0.2, 0.25) is 10.0 Å². The first-order chi connectivity index (χ1) is 12.9. The highest BCUT2D eigenvalue weighted by Crippen LogP contribution is 2.43. The summed E-state index contributed by atoms with van der Waals surface area (Å²) < 4.78 is 47.3. The Hall–Kier alpha value is -2.32. The van der Waals surface area contributed by atoms with E-state index in [4.69, 9.17) is 4.52 Å². The van der Waals surface area contributed by atoms with Crippen LogP contribution in [0.25, 0.3) is 11.1 Å². The summed E-state index contributed by atoms with van der Waals surface area (Å²) in [5.41, 5.74) is 1.36. The van der Waals surface area contributed by atoms with Crippen molar-refractivity contribution in [1.29, 1.82) is 0 Å². The van der Waals surface area contributed by atoms with Gasteiger partial charge in [-0.1, -0.05) is 17.3 Å². The number of hydrogen-bond donors (Lipinski definition) is 1. The van der Waals surface area contributed by atoms with E-state index in [1.807, 2.05) is 6.07 Å². The van der Waals surface area contributed by atoms with Crippen molar-refractivity contribution in [2.45, 2.75) is 48.5 Å². The number of nitrogens with zero attached hydrogens (tertiary/aromatic N) is 2. The topological polar surface area (TPSA) is 85.1 Å². The third-order valence-electron chi connectivity index (χ3n) is 5.24. The summed E-state index contributed by atoms with van der Waals surface area (Å²) in [5, 5.41) is 4.71. The molecule has 0 spiro atoms. The van der Waals surface area contributed by atoms with E-state index in [0.717, 1.165) is 36.9 Å². The first-order valence-electron chi connectivity index (χ1n) is 8.98. The number of pyridine rings is 1. The van der Waals surface area contributed by atoms with Gasteiger partial charge in [-0.15, -0.1) is 0 Å². The summed E-state index contributed by atoms with van der Waals surface area (Å²) in [7, 11) is -3.75. The summed E-state index contributed by atoms with van der Waals surface area (Å²) in [4.78, 5) is 4.23. The molecule has 1 N–H and O–H groups in total. The number of aromatic nitrogens is 2. The maximum absolute atomic E-state index is 13.4. The molecule has 0 saturated heterocycles. The van der Waals surface area contributed by atoms with Crippen LogP contribution in [0.3, 0.4) is 0 Å². The molecule has 2 saturated carbocycles. The van der Waals surface area contributed by atoms with Crippen LogP contribution in [0.15, 0.2) is 45.9 Å². The average molecular weight is 387 g/mol. The highest BCUT2D eigenvalue weighted by atomic mass is 32.2. The van der Waals surface area contributed by atoms with E-state index in [0.29, 0.717) is 23.4 Å². The highest BCUT2D eigenvalue weighted by Gasteiger charge is 2.46. The molecule has 5 rings (SSSR count). The van der Waals surface area contributed by atoms with Crippen molar-refractivity contribution < 1.29 is 17.3 Å². The van der Waals surface area contributed by atoms with Gasteiger partial charge in [-0.05, 0) is 55.9 Å². The van der Waals surface area contributed by atoms with E-state index in [1.54, 1.807) is 12.1 Å². The number of sulfonamides is 1. The molecule has 2 aliphatic carbocycles. The quantitative estimate of drug-likeness (QED) is 0.701. The molecule has 2 aromatic heterocycles. The smallest absolute Gasteiger partial charge is 0.258 e. The molecule has 140 valence electrons. The van der Waals surface area contributed by atoms with Crippen LogP contribution in [0.4, 0.5) is 4.39 Å². The van der Waals surface area contributed by atoms with Crippen LogP contribution in [-0.2, 0) is 16.4 Å². The minimum atomic E-state index is -3.75. The van der Waals surface area contributed by atoms with Gasteiger partial charge in [-0.2, -0.15) is 0 Å². The second-order valence-corrected chi connectivity index (χ2v) is 9.24. The van der Waals surface area contributed by atoms with Gasteiger partial charge in [0.25, 0.3) is 5.71 Å². The minimum absolute atomic E-state index is 0.102. The van der Waals surface area contributed by atoms with E-state index < -0.39 is 15.6 Å². The van der Waals surface area contributed by atoms with Gasteiger partial charge in [-0.3, -0.25) is 0 Å². The van der Waals surface area contributed by atoms with Crippen LogP contribution in [0.5, 0.6) is 0 Å². The first-order valence-corrected chi connectivity index (χ1v) is 10.5. The largest absolute Gasteiger partial charge is 0.336 e. The van der Waals surface area contributed by atoms with Gasteiger partial charge in [0.1, 0.15) is 10.7 Å². The van der Waals surface area contributed by atoms with Gasteiger partial charge in [0.05, 0.1) is 17.3 Å². The lowest BCUT2D eigenvalue weighted by Gasteiger charge is -2.17. The Bertz CT molecular complexity index is 1130. The Morgan fingerprint density at radius 3 is 2.78 bits per heavy atom.